The van der Waals surface area contributed by atoms with Gasteiger partial charge in [-0.25, -0.2) is 0 Å². The minimum absolute atomic E-state index is 0.0784. The number of carbonyl (C=O) groups excluding carboxylic acids is 1. The molecule has 0 spiro atoms. The van der Waals surface area contributed by atoms with E-state index in [9.17, 15) is 4.79 Å². The summed E-state index contributed by atoms with van der Waals surface area (Å²) >= 11 is 1.40. The summed E-state index contributed by atoms with van der Waals surface area (Å²) in [4.78, 5) is 13.2. The molecule has 0 aliphatic rings. The zero-order valence-electron chi connectivity index (χ0n) is 20.5. The van der Waals surface area contributed by atoms with Crippen LogP contribution in [-0.2, 0) is 11.3 Å². The van der Waals surface area contributed by atoms with Crippen molar-refractivity contribution in [2.75, 3.05) is 26.6 Å². The number of benzene rings is 2. The van der Waals surface area contributed by atoms with Gasteiger partial charge in [0.15, 0.2) is 16.8 Å². The number of ether oxygens (including phenoxy) is 2. The predicted molar refractivity (Wildman–Crippen MR) is 139 cm³/mol. The van der Waals surface area contributed by atoms with Gasteiger partial charge in [0, 0.05) is 48.5 Å². The van der Waals surface area contributed by atoms with Gasteiger partial charge in [-0.1, -0.05) is 30.0 Å². The molecule has 2 heterocycles. The van der Waals surface area contributed by atoms with E-state index in [1.165, 1.54) is 11.8 Å². The molecule has 0 bridgehead atoms. The van der Waals surface area contributed by atoms with Crippen molar-refractivity contribution in [3.05, 3.63) is 77.6 Å². The Bertz CT molecular complexity index is 1280. The fourth-order valence-corrected chi connectivity index (χ4v) is 4.94. The highest BCUT2D eigenvalue weighted by atomic mass is 32.2. The lowest BCUT2D eigenvalue weighted by Gasteiger charge is -2.11. The van der Waals surface area contributed by atoms with Crippen molar-refractivity contribution in [3.8, 4) is 22.8 Å². The van der Waals surface area contributed by atoms with Crippen molar-refractivity contribution in [1.82, 2.24) is 19.3 Å². The summed E-state index contributed by atoms with van der Waals surface area (Å²) in [5.41, 5.74) is 4.69. The van der Waals surface area contributed by atoms with Crippen LogP contribution in [0.25, 0.3) is 17.1 Å². The van der Waals surface area contributed by atoms with E-state index in [0.717, 1.165) is 46.9 Å². The summed E-state index contributed by atoms with van der Waals surface area (Å²) in [6, 6.07) is 19.6. The van der Waals surface area contributed by atoms with E-state index in [2.05, 4.69) is 14.8 Å². The Morgan fingerprint density at radius 1 is 1.00 bits per heavy atom. The van der Waals surface area contributed by atoms with Gasteiger partial charge in [0.1, 0.15) is 5.75 Å². The molecule has 7 nitrogen and oxygen atoms in total. The topological polar surface area (TPSA) is 71.2 Å². The van der Waals surface area contributed by atoms with Crippen molar-refractivity contribution in [2.45, 2.75) is 32.0 Å². The normalized spacial score (nSPS) is 11.1. The first-order valence-corrected chi connectivity index (χ1v) is 12.5. The lowest BCUT2D eigenvalue weighted by Crippen LogP contribution is -2.08. The van der Waals surface area contributed by atoms with E-state index in [-0.39, 0.29) is 11.5 Å². The molecule has 2 aromatic carbocycles. The van der Waals surface area contributed by atoms with E-state index in [0.29, 0.717) is 17.6 Å². The molecule has 0 atom stereocenters. The molecule has 0 fully saturated rings. The maximum Gasteiger partial charge on any atom is 0.196 e. The smallest absolute Gasteiger partial charge is 0.196 e. The maximum absolute atomic E-state index is 13.2. The molecular formula is C27H30N4O3S. The highest BCUT2D eigenvalue weighted by molar-refractivity contribution is 7.99. The van der Waals surface area contributed by atoms with Gasteiger partial charge in [0.25, 0.3) is 0 Å². The van der Waals surface area contributed by atoms with Crippen LogP contribution in [0.3, 0.4) is 0 Å². The Hall–Kier alpha value is -3.36. The number of para-hydroxylation sites is 1. The molecule has 0 amide bonds. The second-order valence-electron chi connectivity index (χ2n) is 8.20. The van der Waals surface area contributed by atoms with Gasteiger partial charge in [-0.3, -0.25) is 9.36 Å². The fourth-order valence-electron chi connectivity index (χ4n) is 4.10. The summed E-state index contributed by atoms with van der Waals surface area (Å²) in [5.74, 6) is 1.84. The van der Waals surface area contributed by atoms with E-state index < -0.39 is 0 Å². The number of hydrogen-bond donors (Lipinski definition) is 0. The number of aryl methyl sites for hydroxylation is 1. The molecule has 4 aromatic rings. The summed E-state index contributed by atoms with van der Waals surface area (Å²) in [7, 11) is 3.35. The first-order chi connectivity index (χ1) is 17.0. The number of rotatable bonds is 11. The molecule has 4 rings (SSSR count). The van der Waals surface area contributed by atoms with Crippen molar-refractivity contribution >= 4 is 17.5 Å². The first-order valence-electron chi connectivity index (χ1n) is 11.5. The summed E-state index contributed by atoms with van der Waals surface area (Å²) < 4.78 is 14.6. The minimum atomic E-state index is 0.0784. The zero-order valence-corrected chi connectivity index (χ0v) is 21.3. The van der Waals surface area contributed by atoms with Gasteiger partial charge in [0.05, 0.1) is 12.9 Å². The second-order valence-corrected chi connectivity index (χ2v) is 9.14. The number of ketones is 1. The van der Waals surface area contributed by atoms with Gasteiger partial charge < -0.3 is 14.0 Å². The number of methoxy groups -OCH3 is 2. The first kappa shape index (κ1) is 24.8. The molecule has 0 saturated heterocycles. The molecule has 0 unspecified atom stereocenters. The standard InChI is InChI=1S/C27H30N4O3S/c1-19-17-24(20(2)30(19)15-8-16-33-3)25(32)18-35-27-29-28-26(21-11-13-23(34-4)14-12-21)31(27)22-9-6-5-7-10-22/h5-7,9-14,17H,8,15-16,18H2,1-4H3. The van der Waals surface area contributed by atoms with Gasteiger partial charge in [-0.05, 0) is 62.7 Å². The molecule has 0 radical (unpaired) electrons. The molecule has 0 saturated carbocycles. The van der Waals surface area contributed by atoms with Crippen molar-refractivity contribution in [3.63, 3.8) is 0 Å². The Labute approximate surface area is 210 Å². The van der Waals surface area contributed by atoms with Gasteiger partial charge >= 0.3 is 0 Å². The lowest BCUT2D eigenvalue weighted by atomic mass is 10.2. The molecule has 0 aliphatic carbocycles. The van der Waals surface area contributed by atoms with Crippen LogP contribution < -0.4 is 4.74 Å². The number of thioether (sulfide) groups is 1. The SMILES string of the molecule is COCCCn1c(C)cc(C(=O)CSc2nnc(-c3ccc(OC)cc3)n2-c2ccccc2)c1C. The van der Waals surface area contributed by atoms with Gasteiger partial charge in [0.2, 0.25) is 0 Å². The molecule has 2 aromatic heterocycles. The summed E-state index contributed by atoms with van der Waals surface area (Å²) in [6.45, 7) is 5.57. The molecule has 182 valence electrons. The number of Topliss-reactive ketones (excluding diaryl/α,β-unsaturated/α-hetero) is 1. The molecule has 35 heavy (non-hydrogen) atoms. The average Bonchev–Trinajstić information content (AvgIpc) is 3.44. The molecule has 8 heteroatoms. The Morgan fingerprint density at radius 2 is 1.74 bits per heavy atom. The van der Waals surface area contributed by atoms with Crippen molar-refractivity contribution < 1.29 is 14.3 Å². The van der Waals surface area contributed by atoms with Crippen LogP contribution in [0.1, 0.15) is 28.2 Å². The number of aromatic nitrogens is 4. The van der Waals surface area contributed by atoms with Crippen LogP contribution in [0.5, 0.6) is 5.75 Å². The Morgan fingerprint density at radius 3 is 2.43 bits per heavy atom. The van der Waals surface area contributed by atoms with Crippen LogP contribution in [0.15, 0.2) is 65.8 Å². The van der Waals surface area contributed by atoms with Crippen LogP contribution in [0.4, 0.5) is 0 Å². The predicted octanol–water partition coefficient (Wildman–Crippen LogP) is 5.37. The second kappa shape index (κ2) is 11.4. The number of hydrogen-bond acceptors (Lipinski definition) is 6. The van der Waals surface area contributed by atoms with Crippen LogP contribution in [0.2, 0.25) is 0 Å². The lowest BCUT2D eigenvalue weighted by molar-refractivity contribution is 0.102. The van der Waals surface area contributed by atoms with Crippen molar-refractivity contribution in [2.24, 2.45) is 0 Å². The fraction of sp³-hybridized carbons (Fsp3) is 0.296. The van der Waals surface area contributed by atoms with Crippen molar-refractivity contribution in [1.29, 1.82) is 0 Å². The van der Waals surface area contributed by atoms with E-state index in [4.69, 9.17) is 9.47 Å². The third-order valence-corrected chi connectivity index (χ3v) is 6.86. The quantitative estimate of drug-likeness (QED) is 0.160. The Kier molecular flexibility index (Phi) is 8.05. The molecule has 0 N–H and O–H groups in total. The molecule has 0 aliphatic heterocycles. The average molecular weight is 491 g/mol. The van der Waals surface area contributed by atoms with Crippen LogP contribution >= 0.6 is 11.8 Å². The minimum Gasteiger partial charge on any atom is -0.497 e. The third kappa shape index (κ3) is 5.49. The maximum atomic E-state index is 13.2. The van der Waals surface area contributed by atoms with E-state index >= 15 is 0 Å². The molecular weight excluding hydrogens is 460 g/mol. The van der Waals surface area contributed by atoms with Crippen LogP contribution in [-0.4, -0.2) is 51.7 Å². The Balaban J connectivity index is 1.58. The van der Waals surface area contributed by atoms with E-state index in [1.54, 1.807) is 14.2 Å². The summed E-state index contributed by atoms with van der Waals surface area (Å²) in [6.07, 6.45) is 0.906. The largest absolute Gasteiger partial charge is 0.497 e. The monoisotopic (exact) mass is 490 g/mol. The van der Waals surface area contributed by atoms with Crippen LogP contribution in [0, 0.1) is 13.8 Å². The highest BCUT2D eigenvalue weighted by Gasteiger charge is 2.20. The van der Waals surface area contributed by atoms with Gasteiger partial charge in [-0.2, -0.15) is 0 Å². The van der Waals surface area contributed by atoms with E-state index in [1.807, 2.05) is 79.1 Å². The third-order valence-electron chi connectivity index (χ3n) is 5.93. The number of carbonyl (C=O) groups is 1. The highest BCUT2D eigenvalue weighted by Crippen LogP contribution is 2.30. The van der Waals surface area contributed by atoms with Gasteiger partial charge in [-0.15, -0.1) is 10.2 Å². The summed E-state index contributed by atoms with van der Waals surface area (Å²) in [5, 5.41) is 9.59. The number of nitrogens with zero attached hydrogens (tertiary/aromatic N) is 4. The zero-order chi connectivity index (χ0) is 24.8.